The zero-order valence-corrected chi connectivity index (χ0v) is 18.6. The highest BCUT2D eigenvalue weighted by atomic mass is 35.5. The molecule has 2 heterocycles. The van der Waals surface area contributed by atoms with Crippen LogP contribution in [0.25, 0.3) is 0 Å². The van der Waals surface area contributed by atoms with E-state index in [-0.39, 0.29) is 36.4 Å². The van der Waals surface area contributed by atoms with E-state index in [4.69, 9.17) is 16.3 Å². The first-order valence-corrected chi connectivity index (χ1v) is 11.9. The van der Waals surface area contributed by atoms with Crippen molar-refractivity contribution in [1.82, 2.24) is 21.3 Å². The quantitative estimate of drug-likeness (QED) is 0.436. The summed E-state index contributed by atoms with van der Waals surface area (Å²) >= 11 is 6.01. The molecule has 0 spiro atoms. The van der Waals surface area contributed by atoms with Crippen LogP contribution >= 0.6 is 11.6 Å². The lowest BCUT2D eigenvalue weighted by Crippen LogP contribution is -2.65. The van der Waals surface area contributed by atoms with E-state index in [2.05, 4.69) is 27.3 Å². The second kappa shape index (κ2) is 9.63. The number of carbonyl (C=O) groups excluding carboxylic acids is 1. The van der Waals surface area contributed by atoms with E-state index in [0.717, 1.165) is 19.5 Å². The van der Waals surface area contributed by atoms with Crippen LogP contribution in [0.4, 0.5) is 13.2 Å². The first-order valence-electron chi connectivity index (χ1n) is 11.5. The van der Waals surface area contributed by atoms with Gasteiger partial charge in [0.25, 0.3) is 0 Å². The maximum Gasteiger partial charge on any atom is 0.393 e. The highest BCUT2D eigenvalue weighted by Crippen LogP contribution is 2.45. The second-order valence-electron chi connectivity index (χ2n) is 9.63. The molecule has 2 saturated heterocycles. The van der Waals surface area contributed by atoms with E-state index < -0.39 is 29.1 Å². The van der Waals surface area contributed by atoms with Crippen LogP contribution in [0.2, 0.25) is 0 Å². The number of halogens is 4. The summed E-state index contributed by atoms with van der Waals surface area (Å²) in [6, 6.07) is 2.09. The van der Waals surface area contributed by atoms with Crippen molar-refractivity contribution < 1.29 is 22.7 Å². The van der Waals surface area contributed by atoms with Crippen LogP contribution in [0.5, 0.6) is 0 Å². The normalized spacial score (nSPS) is 39.3. The van der Waals surface area contributed by atoms with Gasteiger partial charge in [0, 0.05) is 30.9 Å². The molecule has 0 aromatic carbocycles. The third-order valence-electron chi connectivity index (χ3n) is 7.35. The van der Waals surface area contributed by atoms with Gasteiger partial charge in [-0.3, -0.25) is 10.1 Å². The number of nitrogens with zero attached hydrogens (tertiary/aromatic N) is 1. The van der Waals surface area contributed by atoms with Gasteiger partial charge in [-0.1, -0.05) is 0 Å². The average molecular weight is 478 g/mol. The Morgan fingerprint density at radius 2 is 2.03 bits per heavy atom. The van der Waals surface area contributed by atoms with E-state index in [1.165, 1.54) is 0 Å². The molecule has 4 fully saturated rings. The van der Waals surface area contributed by atoms with Crippen molar-refractivity contribution in [1.29, 1.82) is 5.26 Å². The standard InChI is InChI=1S/C21H31ClF3N5O2/c22-16-2-1-12(7-15(16)21(23,24)25)17-28-8-13(9-29-19(31)20(11-26)4-5-20)18(30-17)32-14-3-6-27-10-14/h12-18,27-28,30H,1-10H2,(H,29,31). The third-order valence-corrected chi connectivity index (χ3v) is 7.87. The fourth-order valence-electron chi connectivity index (χ4n) is 5.06. The van der Waals surface area contributed by atoms with Gasteiger partial charge >= 0.3 is 6.18 Å². The van der Waals surface area contributed by atoms with Gasteiger partial charge in [0.15, 0.2) is 0 Å². The van der Waals surface area contributed by atoms with Gasteiger partial charge in [-0.25, -0.2) is 0 Å². The van der Waals surface area contributed by atoms with Gasteiger partial charge < -0.3 is 20.7 Å². The SMILES string of the molecule is N#CC1(C(=O)NCC2CNC(C3CCC(Cl)C(C(F)(F)F)C3)NC2OC2CCNC2)CC1. The lowest BCUT2D eigenvalue weighted by Gasteiger charge is -2.45. The number of hydrogen-bond donors (Lipinski definition) is 4. The zero-order chi connectivity index (χ0) is 22.9. The number of hydrogen-bond acceptors (Lipinski definition) is 6. The number of rotatable bonds is 6. The lowest BCUT2D eigenvalue weighted by molar-refractivity contribution is -0.186. The van der Waals surface area contributed by atoms with Crippen molar-refractivity contribution in [2.24, 2.45) is 23.2 Å². The maximum absolute atomic E-state index is 13.4. The van der Waals surface area contributed by atoms with Crippen LogP contribution < -0.4 is 21.3 Å². The Labute approximate surface area is 191 Å². The smallest absolute Gasteiger partial charge is 0.358 e. The van der Waals surface area contributed by atoms with Crippen LogP contribution in [0, 0.1) is 34.5 Å². The fourth-order valence-corrected chi connectivity index (χ4v) is 5.43. The van der Waals surface area contributed by atoms with Crippen LogP contribution in [0.3, 0.4) is 0 Å². The van der Waals surface area contributed by atoms with Gasteiger partial charge in [0.2, 0.25) is 5.91 Å². The molecule has 4 aliphatic rings. The summed E-state index contributed by atoms with van der Waals surface area (Å²) in [4.78, 5) is 12.4. The predicted molar refractivity (Wildman–Crippen MR) is 111 cm³/mol. The highest BCUT2D eigenvalue weighted by Gasteiger charge is 2.51. The molecule has 7 unspecified atom stereocenters. The minimum Gasteiger partial charge on any atom is -0.358 e. The molecular formula is C21H31ClF3N5O2. The molecule has 2 aliphatic carbocycles. The van der Waals surface area contributed by atoms with Crippen LogP contribution in [0.15, 0.2) is 0 Å². The molecular weight excluding hydrogens is 447 g/mol. The van der Waals surface area contributed by atoms with Crippen molar-refractivity contribution in [3.8, 4) is 6.07 Å². The minimum atomic E-state index is -4.31. The Hall–Kier alpha value is -1.12. The zero-order valence-electron chi connectivity index (χ0n) is 17.9. The summed E-state index contributed by atoms with van der Waals surface area (Å²) in [5.74, 6) is -2.08. The Balaban J connectivity index is 1.38. The molecule has 180 valence electrons. The Morgan fingerprint density at radius 3 is 2.66 bits per heavy atom. The first-order chi connectivity index (χ1) is 15.2. The van der Waals surface area contributed by atoms with Gasteiger partial charge in [-0.2, -0.15) is 18.4 Å². The van der Waals surface area contributed by atoms with Crippen LogP contribution in [-0.4, -0.2) is 62.1 Å². The molecule has 11 heteroatoms. The van der Waals surface area contributed by atoms with Gasteiger partial charge in [0.05, 0.1) is 24.3 Å². The van der Waals surface area contributed by atoms with E-state index >= 15 is 0 Å². The van der Waals surface area contributed by atoms with Gasteiger partial charge in [-0.15, -0.1) is 11.6 Å². The number of carbonyl (C=O) groups is 1. The third kappa shape index (κ3) is 5.33. The summed E-state index contributed by atoms with van der Waals surface area (Å²) < 4.78 is 46.6. The summed E-state index contributed by atoms with van der Waals surface area (Å²) in [5.41, 5.74) is -0.892. The molecule has 0 aromatic heterocycles. The highest BCUT2D eigenvalue weighted by molar-refractivity contribution is 6.20. The van der Waals surface area contributed by atoms with E-state index in [1.54, 1.807) is 0 Å². The maximum atomic E-state index is 13.4. The molecule has 1 amide bonds. The summed E-state index contributed by atoms with van der Waals surface area (Å²) in [7, 11) is 0. The summed E-state index contributed by atoms with van der Waals surface area (Å²) in [6.07, 6.45) is -2.08. The Morgan fingerprint density at radius 1 is 1.25 bits per heavy atom. The predicted octanol–water partition coefficient (Wildman–Crippen LogP) is 1.83. The van der Waals surface area contributed by atoms with Crippen molar-refractivity contribution in [3.63, 3.8) is 0 Å². The molecule has 2 aliphatic heterocycles. The molecule has 0 radical (unpaired) electrons. The van der Waals surface area contributed by atoms with Crippen LogP contribution in [0.1, 0.15) is 38.5 Å². The lowest BCUT2D eigenvalue weighted by atomic mass is 9.78. The molecule has 4 rings (SSSR count). The summed E-state index contributed by atoms with van der Waals surface area (Å²) in [5, 5.41) is 21.2. The largest absolute Gasteiger partial charge is 0.393 e. The number of ether oxygens (including phenoxy) is 1. The first kappa shape index (κ1) is 24.0. The average Bonchev–Trinajstić information content (AvgIpc) is 3.40. The molecule has 2 saturated carbocycles. The van der Waals surface area contributed by atoms with E-state index in [1.807, 2.05) is 0 Å². The molecule has 32 heavy (non-hydrogen) atoms. The van der Waals surface area contributed by atoms with Crippen molar-refractivity contribution in [3.05, 3.63) is 0 Å². The van der Waals surface area contributed by atoms with E-state index in [0.29, 0.717) is 38.8 Å². The van der Waals surface area contributed by atoms with Gasteiger partial charge in [0.1, 0.15) is 11.6 Å². The van der Waals surface area contributed by atoms with E-state index in [9.17, 15) is 23.2 Å². The topological polar surface area (TPSA) is 98.2 Å². The molecule has 0 aromatic rings. The monoisotopic (exact) mass is 477 g/mol. The Bertz CT molecular complexity index is 723. The second-order valence-corrected chi connectivity index (χ2v) is 10.2. The van der Waals surface area contributed by atoms with Crippen LogP contribution in [-0.2, 0) is 9.53 Å². The minimum absolute atomic E-state index is 0.0137. The number of alkyl halides is 4. The Kier molecular flexibility index (Phi) is 7.23. The summed E-state index contributed by atoms with van der Waals surface area (Å²) in [6.45, 7) is 2.41. The van der Waals surface area contributed by atoms with Crippen molar-refractivity contribution in [2.75, 3.05) is 26.2 Å². The number of amides is 1. The fraction of sp³-hybridized carbons (Fsp3) is 0.905. The molecule has 7 atom stereocenters. The molecule has 0 bridgehead atoms. The number of nitriles is 1. The van der Waals surface area contributed by atoms with Crippen molar-refractivity contribution in [2.45, 2.75) is 68.6 Å². The molecule has 4 N–H and O–H groups in total. The van der Waals surface area contributed by atoms with Crippen molar-refractivity contribution >= 4 is 17.5 Å². The molecule has 7 nitrogen and oxygen atoms in total. The van der Waals surface area contributed by atoms with Gasteiger partial charge in [-0.05, 0) is 51.0 Å². The number of nitrogens with one attached hydrogen (secondary N) is 4.